The van der Waals surface area contributed by atoms with E-state index in [2.05, 4.69) is 66.0 Å². The molecule has 0 aliphatic carbocycles. The monoisotopic (exact) mass is 935 g/mol. The summed E-state index contributed by atoms with van der Waals surface area (Å²) in [4.78, 5) is 27.2. The van der Waals surface area contributed by atoms with E-state index in [0.717, 1.165) is 50.6 Å². The van der Waals surface area contributed by atoms with Crippen LogP contribution in [0.2, 0.25) is 5.28 Å². The van der Waals surface area contributed by atoms with Crippen LogP contribution in [0.5, 0.6) is 5.75 Å². The molecular formula is C56H35BClF2N8O2. The highest BCUT2D eigenvalue weighted by Gasteiger charge is 2.15. The summed E-state index contributed by atoms with van der Waals surface area (Å²) in [5.41, 5.74) is 8.26. The third-order valence-corrected chi connectivity index (χ3v) is 10.5. The Morgan fingerprint density at radius 1 is 0.386 bits per heavy atom. The van der Waals surface area contributed by atoms with Crippen LogP contribution in [-0.4, -0.2) is 42.6 Å². The first-order chi connectivity index (χ1) is 34.3. The summed E-state index contributed by atoms with van der Waals surface area (Å²) in [5, 5.41) is 26.1. The molecule has 1 radical (unpaired) electrons. The summed E-state index contributed by atoms with van der Waals surface area (Å²) in [7, 11) is 0.467. The molecule has 10 rings (SSSR count). The van der Waals surface area contributed by atoms with Gasteiger partial charge in [0.25, 0.3) is 0 Å². The van der Waals surface area contributed by atoms with Crippen molar-refractivity contribution < 1.29 is 18.5 Å². The van der Waals surface area contributed by atoms with E-state index in [1.54, 1.807) is 12.1 Å². The molecule has 70 heavy (non-hydrogen) atoms. The van der Waals surface area contributed by atoms with Crippen LogP contribution < -0.4 is 4.65 Å². The molecule has 0 saturated carbocycles. The molecule has 2 aromatic heterocycles. The van der Waals surface area contributed by atoms with Gasteiger partial charge in [-0.15, -0.1) is 0 Å². The van der Waals surface area contributed by atoms with Crippen molar-refractivity contribution in [3.8, 4) is 97.1 Å². The number of hydrogen-bond donors (Lipinski definition) is 1. The third kappa shape index (κ3) is 12.0. The fraction of sp³-hybridized carbons (Fsp3) is 0. The van der Waals surface area contributed by atoms with E-state index in [9.17, 15) is 14.0 Å². The Bertz CT molecular complexity index is 3480. The van der Waals surface area contributed by atoms with Crippen LogP contribution in [-0.2, 0) is 0 Å². The van der Waals surface area contributed by atoms with Gasteiger partial charge in [-0.05, 0) is 82.4 Å². The zero-order valence-corrected chi connectivity index (χ0v) is 37.5. The Labute approximate surface area is 407 Å². The van der Waals surface area contributed by atoms with Crippen LogP contribution in [0.3, 0.4) is 0 Å². The summed E-state index contributed by atoms with van der Waals surface area (Å²) in [5.74, 6) is 1.55. The Morgan fingerprint density at radius 3 is 1.17 bits per heavy atom. The zero-order chi connectivity index (χ0) is 48.7. The Morgan fingerprint density at radius 2 is 0.729 bits per heavy atom. The number of aromatic nitrogens is 6. The summed E-state index contributed by atoms with van der Waals surface area (Å²) >= 11 is 6.14. The summed E-state index contributed by atoms with van der Waals surface area (Å²) < 4.78 is 31.1. The zero-order valence-electron chi connectivity index (χ0n) is 36.8. The molecule has 0 saturated heterocycles. The van der Waals surface area contributed by atoms with E-state index in [1.807, 2.05) is 140 Å². The maximum Gasteiger partial charge on any atom is 0.569 e. The third-order valence-electron chi connectivity index (χ3n) is 10.4. The van der Waals surface area contributed by atoms with Crippen molar-refractivity contribution in [1.29, 1.82) is 10.5 Å². The van der Waals surface area contributed by atoms with Gasteiger partial charge in [0, 0.05) is 27.8 Å². The first kappa shape index (κ1) is 47.2. The van der Waals surface area contributed by atoms with Crippen molar-refractivity contribution in [2.75, 3.05) is 0 Å². The second-order valence-corrected chi connectivity index (χ2v) is 15.3. The fourth-order valence-corrected chi connectivity index (χ4v) is 7.12. The average molecular weight is 936 g/mol. The standard InChI is InChI=1S/C28H17FN4.C21H14ClN3.C7H4BFNO2/c29-25-15-14-23(17-24(25)18-30)28-32-26(20-10-5-2-6-11-20)31-27(33-28)22-13-7-12-21(16-22)19-8-3-1-4-9-19;22-21-24-19(16-10-5-2-6-11-16)23-20(25-21)18-13-7-12-17(14-18)15-8-3-1-4-9-15;9-7-2-1-6(12-8-11)3-5(7)4-10/h1-17H;1-14H;1-3,11H. The van der Waals surface area contributed by atoms with Gasteiger partial charge >= 0.3 is 7.69 Å². The van der Waals surface area contributed by atoms with Crippen molar-refractivity contribution in [2.24, 2.45) is 0 Å². The van der Waals surface area contributed by atoms with Crippen molar-refractivity contribution >= 4 is 19.3 Å². The molecule has 10 aromatic rings. The van der Waals surface area contributed by atoms with E-state index in [1.165, 1.54) is 24.3 Å². The molecule has 0 amide bonds. The Kier molecular flexibility index (Phi) is 15.5. The molecule has 10 nitrogen and oxygen atoms in total. The molecule has 1 N–H and O–H groups in total. The number of nitriles is 2. The number of rotatable bonds is 9. The summed E-state index contributed by atoms with van der Waals surface area (Å²) in [6.07, 6.45) is 0. The summed E-state index contributed by atoms with van der Waals surface area (Å²) in [6.45, 7) is 0. The molecule has 2 heterocycles. The Balaban J connectivity index is 0.000000156. The van der Waals surface area contributed by atoms with Gasteiger partial charge < -0.3 is 9.68 Å². The van der Waals surface area contributed by atoms with Crippen LogP contribution in [0, 0.1) is 34.3 Å². The van der Waals surface area contributed by atoms with Gasteiger partial charge in [0.05, 0.1) is 11.1 Å². The van der Waals surface area contributed by atoms with E-state index in [0.29, 0.717) is 42.4 Å². The minimum Gasteiger partial charge on any atom is -0.537 e. The highest BCUT2D eigenvalue weighted by atomic mass is 35.5. The highest BCUT2D eigenvalue weighted by Crippen LogP contribution is 2.30. The maximum atomic E-state index is 13.9. The molecule has 0 atom stereocenters. The maximum absolute atomic E-state index is 13.9. The van der Waals surface area contributed by atoms with Gasteiger partial charge in [-0.1, -0.05) is 158 Å². The van der Waals surface area contributed by atoms with Crippen LogP contribution in [0.25, 0.3) is 79.2 Å². The van der Waals surface area contributed by atoms with Gasteiger partial charge in [0.1, 0.15) is 29.5 Å². The quantitative estimate of drug-likeness (QED) is 0.138. The molecule has 0 fully saturated rings. The normalized spacial score (nSPS) is 10.3. The SMILES string of the molecule is Clc1nc(-c2ccccc2)nc(-c2cccc(-c3ccccc3)c2)n1.N#Cc1cc(-c2nc(-c3ccccc3)nc(-c3cccc(-c4ccccc4)c3)n2)ccc1F.N#Cc1cc(O[B]O)ccc1F. The lowest BCUT2D eigenvalue weighted by atomic mass is 10.0. The van der Waals surface area contributed by atoms with E-state index in [4.69, 9.17) is 26.9 Å². The number of halogens is 3. The molecule has 0 spiro atoms. The fourth-order valence-electron chi connectivity index (χ4n) is 6.96. The molecule has 0 aliphatic heterocycles. The lowest BCUT2D eigenvalue weighted by Crippen LogP contribution is -2.00. The lowest BCUT2D eigenvalue weighted by Gasteiger charge is -2.10. The second kappa shape index (κ2) is 23.0. The van der Waals surface area contributed by atoms with Crippen LogP contribution >= 0.6 is 11.6 Å². The van der Waals surface area contributed by atoms with Crippen molar-refractivity contribution in [3.63, 3.8) is 0 Å². The highest BCUT2D eigenvalue weighted by molar-refractivity contribution is 6.28. The van der Waals surface area contributed by atoms with Crippen molar-refractivity contribution in [3.05, 3.63) is 234 Å². The van der Waals surface area contributed by atoms with Gasteiger partial charge in [0.2, 0.25) is 5.28 Å². The van der Waals surface area contributed by atoms with Crippen LogP contribution in [0.1, 0.15) is 11.1 Å². The molecule has 0 unspecified atom stereocenters. The molecule has 335 valence electrons. The minimum absolute atomic E-state index is 0.0539. The second-order valence-electron chi connectivity index (χ2n) is 15.0. The van der Waals surface area contributed by atoms with Gasteiger partial charge in [-0.2, -0.15) is 20.5 Å². The van der Waals surface area contributed by atoms with Crippen molar-refractivity contribution in [2.45, 2.75) is 0 Å². The van der Waals surface area contributed by atoms with Crippen LogP contribution in [0.4, 0.5) is 8.78 Å². The summed E-state index contributed by atoms with van der Waals surface area (Å²) in [6, 6.07) is 67.2. The number of hydrogen-bond acceptors (Lipinski definition) is 10. The number of benzene rings is 8. The van der Waals surface area contributed by atoms with Gasteiger partial charge in [-0.25, -0.2) is 28.7 Å². The number of nitrogens with zero attached hydrogens (tertiary/aromatic N) is 8. The van der Waals surface area contributed by atoms with Gasteiger partial charge in [0.15, 0.2) is 29.1 Å². The topological polar surface area (TPSA) is 154 Å². The van der Waals surface area contributed by atoms with E-state index in [-0.39, 0.29) is 22.2 Å². The van der Waals surface area contributed by atoms with Crippen molar-refractivity contribution in [1.82, 2.24) is 29.9 Å². The molecule has 0 bridgehead atoms. The molecule has 14 heteroatoms. The van der Waals surface area contributed by atoms with E-state index >= 15 is 0 Å². The average Bonchev–Trinajstić information content (AvgIpc) is 3.42. The predicted molar refractivity (Wildman–Crippen MR) is 267 cm³/mol. The lowest BCUT2D eigenvalue weighted by molar-refractivity contribution is 0.452. The first-order valence-corrected chi connectivity index (χ1v) is 21.8. The largest absolute Gasteiger partial charge is 0.569 e. The van der Waals surface area contributed by atoms with Gasteiger partial charge in [-0.3, -0.25) is 0 Å². The first-order valence-electron chi connectivity index (χ1n) is 21.4. The smallest absolute Gasteiger partial charge is 0.537 e. The molecular weight excluding hydrogens is 901 g/mol. The molecule has 8 aromatic carbocycles. The Hall–Kier alpha value is -9.27. The van der Waals surface area contributed by atoms with Crippen LogP contribution in [0.15, 0.2) is 206 Å². The minimum atomic E-state index is -0.609. The molecule has 0 aliphatic rings. The van der Waals surface area contributed by atoms with E-state index < -0.39 is 11.6 Å². The predicted octanol–water partition coefficient (Wildman–Crippen LogP) is 12.7.